The third-order valence-electron chi connectivity index (χ3n) is 2.70. The molecule has 4 heteroatoms. The molecular formula is C15H15BrO3. The van der Waals surface area contributed by atoms with Crippen molar-refractivity contribution in [2.24, 2.45) is 0 Å². The van der Waals surface area contributed by atoms with E-state index in [1.807, 2.05) is 36.4 Å². The molecule has 0 bridgehead atoms. The van der Waals surface area contributed by atoms with E-state index in [0.29, 0.717) is 18.1 Å². The maximum atomic E-state index is 9.16. The second-order valence-electron chi connectivity index (χ2n) is 4.04. The molecule has 0 aromatic heterocycles. The van der Waals surface area contributed by atoms with E-state index in [9.17, 15) is 0 Å². The van der Waals surface area contributed by atoms with Crippen LogP contribution in [0.2, 0.25) is 0 Å². The summed E-state index contributed by atoms with van der Waals surface area (Å²) in [6.45, 7) is 0.433. The zero-order chi connectivity index (χ0) is 13.7. The zero-order valence-electron chi connectivity index (χ0n) is 10.6. The summed E-state index contributed by atoms with van der Waals surface area (Å²) in [7, 11) is 1.58. The van der Waals surface area contributed by atoms with Gasteiger partial charge in [-0.2, -0.15) is 0 Å². The van der Waals surface area contributed by atoms with E-state index in [1.165, 1.54) is 0 Å². The van der Waals surface area contributed by atoms with Gasteiger partial charge in [-0.15, -0.1) is 0 Å². The smallest absolute Gasteiger partial charge is 0.175 e. The van der Waals surface area contributed by atoms with Gasteiger partial charge in [0.05, 0.1) is 18.2 Å². The van der Waals surface area contributed by atoms with Crippen molar-refractivity contribution in [3.05, 3.63) is 58.1 Å². The average Bonchev–Trinajstić information content (AvgIpc) is 2.46. The van der Waals surface area contributed by atoms with Crippen molar-refractivity contribution in [2.75, 3.05) is 7.11 Å². The van der Waals surface area contributed by atoms with Gasteiger partial charge in [-0.1, -0.05) is 30.3 Å². The Morgan fingerprint density at radius 1 is 1.11 bits per heavy atom. The maximum absolute atomic E-state index is 9.16. The number of aliphatic hydroxyl groups is 1. The number of methoxy groups -OCH3 is 1. The summed E-state index contributed by atoms with van der Waals surface area (Å²) in [6.07, 6.45) is 0. The molecule has 2 rings (SSSR count). The fourth-order valence-corrected chi connectivity index (χ4v) is 2.34. The van der Waals surface area contributed by atoms with Crippen LogP contribution in [0.15, 0.2) is 46.9 Å². The summed E-state index contributed by atoms with van der Waals surface area (Å²) in [4.78, 5) is 0. The molecule has 0 heterocycles. The summed E-state index contributed by atoms with van der Waals surface area (Å²) in [6, 6.07) is 13.5. The Balaban J connectivity index is 2.20. The normalized spacial score (nSPS) is 10.3. The Morgan fingerprint density at radius 2 is 1.84 bits per heavy atom. The fourth-order valence-electron chi connectivity index (χ4n) is 1.73. The predicted octanol–water partition coefficient (Wildman–Crippen LogP) is 3.53. The van der Waals surface area contributed by atoms with E-state index in [2.05, 4.69) is 15.9 Å². The summed E-state index contributed by atoms with van der Waals surface area (Å²) >= 11 is 3.44. The van der Waals surface area contributed by atoms with Crippen LogP contribution in [0.5, 0.6) is 11.5 Å². The average molecular weight is 323 g/mol. The van der Waals surface area contributed by atoms with Gasteiger partial charge in [0.2, 0.25) is 0 Å². The van der Waals surface area contributed by atoms with Crippen LogP contribution in [0.25, 0.3) is 0 Å². The van der Waals surface area contributed by atoms with Gasteiger partial charge in [-0.05, 0) is 39.2 Å². The first-order valence-corrected chi connectivity index (χ1v) is 6.68. The second-order valence-corrected chi connectivity index (χ2v) is 4.90. The van der Waals surface area contributed by atoms with Crippen molar-refractivity contribution < 1.29 is 14.6 Å². The Hall–Kier alpha value is -1.52. The quantitative estimate of drug-likeness (QED) is 0.915. The van der Waals surface area contributed by atoms with E-state index in [0.717, 1.165) is 15.6 Å². The van der Waals surface area contributed by atoms with Crippen molar-refractivity contribution in [2.45, 2.75) is 13.2 Å². The molecule has 2 aromatic rings. The van der Waals surface area contributed by atoms with Gasteiger partial charge in [0.1, 0.15) is 6.61 Å². The second kappa shape index (κ2) is 6.59. The first-order chi connectivity index (χ1) is 9.24. The zero-order valence-corrected chi connectivity index (χ0v) is 12.2. The molecule has 19 heavy (non-hydrogen) atoms. The van der Waals surface area contributed by atoms with Crippen LogP contribution < -0.4 is 9.47 Å². The number of hydrogen-bond donors (Lipinski definition) is 1. The lowest BCUT2D eigenvalue weighted by Crippen LogP contribution is -1.99. The van der Waals surface area contributed by atoms with Gasteiger partial charge >= 0.3 is 0 Å². The fraction of sp³-hybridized carbons (Fsp3) is 0.200. The monoisotopic (exact) mass is 322 g/mol. The van der Waals surface area contributed by atoms with Crippen molar-refractivity contribution in [3.8, 4) is 11.5 Å². The Morgan fingerprint density at radius 3 is 2.47 bits per heavy atom. The Labute approximate surface area is 120 Å². The molecule has 0 aliphatic heterocycles. The number of ether oxygens (including phenoxy) is 2. The molecular weight excluding hydrogens is 308 g/mol. The van der Waals surface area contributed by atoms with Crippen LogP contribution in [0.1, 0.15) is 11.1 Å². The van der Waals surface area contributed by atoms with Crippen molar-refractivity contribution in [1.29, 1.82) is 0 Å². The molecule has 0 aliphatic rings. The minimum atomic E-state index is -0.0338. The molecule has 0 amide bonds. The Kier molecular flexibility index (Phi) is 4.82. The van der Waals surface area contributed by atoms with E-state index in [4.69, 9.17) is 14.6 Å². The van der Waals surface area contributed by atoms with Crippen LogP contribution >= 0.6 is 15.9 Å². The highest BCUT2D eigenvalue weighted by atomic mass is 79.9. The Bertz CT molecular complexity index is 541. The molecule has 3 nitrogen and oxygen atoms in total. The standard InChI is InChI=1S/C15H15BrO3/c1-18-14-8-12(9-17)7-13(16)15(14)19-10-11-5-3-2-4-6-11/h2-8,17H,9-10H2,1H3. The molecule has 0 atom stereocenters. The van der Waals surface area contributed by atoms with Crippen LogP contribution in [0.3, 0.4) is 0 Å². The molecule has 2 aromatic carbocycles. The van der Waals surface area contributed by atoms with Gasteiger partial charge in [0.25, 0.3) is 0 Å². The van der Waals surface area contributed by atoms with Crippen molar-refractivity contribution in [1.82, 2.24) is 0 Å². The van der Waals surface area contributed by atoms with Gasteiger partial charge < -0.3 is 14.6 Å². The summed E-state index contributed by atoms with van der Waals surface area (Å²) in [5.74, 6) is 1.25. The number of rotatable bonds is 5. The number of benzene rings is 2. The lowest BCUT2D eigenvalue weighted by molar-refractivity contribution is 0.273. The van der Waals surface area contributed by atoms with Crippen LogP contribution in [-0.2, 0) is 13.2 Å². The highest BCUT2D eigenvalue weighted by Crippen LogP contribution is 2.37. The van der Waals surface area contributed by atoms with Gasteiger partial charge in [0, 0.05) is 0 Å². The topological polar surface area (TPSA) is 38.7 Å². The van der Waals surface area contributed by atoms with Gasteiger partial charge in [-0.25, -0.2) is 0 Å². The van der Waals surface area contributed by atoms with Crippen LogP contribution in [0, 0.1) is 0 Å². The minimum Gasteiger partial charge on any atom is -0.493 e. The van der Waals surface area contributed by atoms with E-state index < -0.39 is 0 Å². The van der Waals surface area contributed by atoms with Crippen molar-refractivity contribution in [3.63, 3.8) is 0 Å². The van der Waals surface area contributed by atoms with E-state index >= 15 is 0 Å². The minimum absolute atomic E-state index is 0.0338. The molecule has 0 spiro atoms. The molecule has 0 saturated heterocycles. The molecule has 100 valence electrons. The van der Waals surface area contributed by atoms with Gasteiger partial charge in [0.15, 0.2) is 11.5 Å². The summed E-state index contributed by atoms with van der Waals surface area (Å²) in [5.41, 5.74) is 1.86. The molecule has 0 fully saturated rings. The van der Waals surface area contributed by atoms with Crippen LogP contribution in [0.4, 0.5) is 0 Å². The van der Waals surface area contributed by atoms with E-state index in [1.54, 1.807) is 13.2 Å². The van der Waals surface area contributed by atoms with E-state index in [-0.39, 0.29) is 6.61 Å². The molecule has 0 saturated carbocycles. The molecule has 0 aliphatic carbocycles. The predicted molar refractivity (Wildman–Crippen MR) is 77.4 cm³/mol. The summed E-state index contributed by atoms with van der Waals surface area (Å²) in [5, 5.41) is 9.16. The van der Waals surface area contributed by atoms with Crippen molar-refractivity contribution >= 4 is 15.9 Å². The highest BCUT2D eigenvalue weighted by molar-refractivity contribution is 9.10. The third kappa shape index (κ3) is 3.49. The number of aliphatic hydroxyl groups excluding tert-OH is 1. The number of hydrogen-bond acceptors (Lipinski definition) is 3. The molecule has 0 unspecified atom stereocenters. The first kappa shape index (κ1) is 13.9. The van der Waals surface area contributed by atoms with Crippen LogP contribution in [-0.4, -0.2) is 12.2 Å². The highest BCUT2D eigenvalue weighted by Gasteiger charge is 2.11. The maximum Gasteiger partial charge on any atom is 0.175 e. The summed E-state index contributed by atoms with van der Waals surface area (Å²) < 4.78 is 11.9. The lowest BCUT2D eigenvalue weighted by atomic mass is 10.2. The molecule has 1 N–H and O–H groups in total. The molecule has 0 radical (unpaired) electrons. The van der Waals surface area contributed by atoms with Gasteiger partial charge in [-0.3, -0.25) is 0 Å². The largest absolute Gasteiger partial charge is 0.493 e. The number of halogens is 1. The third-order valence-corrected chi connectivity index (χ3v) is 3.29. The lowest BCUT2D eigenvalue weighted by Gasteiger charge is -2.14. The first-order valence-electron chi connectivity index (χ1n) is 5.88. The SMILES string of the molecule is COc1cc(CO)cc(Br)c1OCc1ccccc1.